The summed E-state index contributed by atoms with van der Waals surface area (Å²) in [6, 6.07) is 0. The molecule has 2 fully saturated rings. The highest BCUT2D eigenvalue weighted by molar-refractivity contribution is 6.20. The van der Waals surface area contributed by atoms with Gasteiger partial charge in [-0.2, -0.15) is 0 Å². The Hall–Kier alpha value is -1.36. The number of esters is 1. The van der Waals surface area contributed by atoms with Crippen molar-refractivity contribution in [3.63, 3.8) is 0 Å². The summed E-state index contributed by atoms with van der Waals surface area (Å²) in [5.74, 6) is -1.55. The van der Waals surface area contributed by atoms with Gasteiger partial charge in [-0.3, -0.25) is 9.59 Å². The summed E-state index contributed by atoms with van der Waals surface area (Å²) < 4.78 is 5.34. The van der Waals surface area contributed by atoms with E-state index < -0.39 is 23.0 Å². The van der Waals surface area contributed by atoms with E-state index in [1.165, 1.54) is 0 Å². The number of allylic oxidation sites excluding steroid dienone is 2. The SMILES string of the molecule is C[C@@]12OC(=O)[C@]1(C(=O)[C@@H]1C=CCCC1)NC(=O)[C@@H]2CCCCl. The summed E-state index contributed by atoms with van der Waals surface area (Å²) in [5, 5.41) is 2.67. The fraction of sp³-hybridized carbons (Fsp3) is 0.688. The number of halogens is 1. The Labute approximate surface area is 134 Å². The van der Waals surface area contributed by atoms with Crippen LogP contribution in [-0.2, 0) is 19.1 Å². The van der Waals surface area contributed by atoms with E-state index in [4.69, 9.17) is 16.3 Å². The third-order valence-electron chi connectivity index (χ3n) is 5.23. The molecule has 2 saturated heterocycles. The van der Waals surface area contributed by atoms with Crippen molar-refractivity contribution in [1.82, 2.24) is 5.32 Å². The third-order valence-corrected chi connectivity index (χ3v) is 5.50. The van der Waals surface area contributed by atoms with Gasteiger partial charge < -0.3 is 10.1 Å². The van der Waals surface area contributed by atoms with Crippen LogP contribution in [-0.4, -0.2) is 34.7 Å². The fourth-order valence-electron chi connectivity index (χ4n) is 3.94. The number of amides is 1. The molecule has 0 spiro atoms. The number of nitrogens with one attached hydrogen (secondary N) is 1. The first-order chi connectivity index (χ1) is 10.5. The summed E-state index contributed by atoms with van der Waals surface area (Å²) in [6.07, 6.45) is 7.54. The molecule has 4 atom stereocenters. The van der Waals surface area contributed by atoms with E-state index in [1.807, 2.05) is 12.2 Å². The highest BCUT2D eigenvalue weighted by Gasteiger charge is 2.79. The molecule has 0 aromatic rings. The predicted molar refractivity (Wildman–Crippen MR) is 80.3 cm³/mol. The number of hydrogen-bond donors (Lipinski definition) is 1. The Bertz CT molecular complexity index is 560. The fourth-order valence-corrected chi connectivity index (χ4v) is 4.09. The van der Waals surface area contributed by atoms with Gasteiger partial charge in [0.2, 0.25) is 11.4 Å². The predicted octanol–water partition coefficient (Wildman–Crippen LogP) is 1.73. The lowest BCUT2D eigenvalue weighted by Crippen LogP contribution is -2.78. The van der Waals surface area contributed by atoms with Gasteiger partial charge in [-0.25, -0.2) is 4.79 Å². The van der Waals surface area contributed by atoms with E-state index >= 15 is 0 Å². The summed E-state index contributed by atoms with van der Waals surface area (Å²) in [7, 11) is 0. The molecule has 2 heterocycles. The highest BCUT2D eigenvalue weighted by atomic mass is 35.5. The standard InChI is InChI=1S/C16H20ClNO4/c1-15-11(8-5-9-17)13(20)18-16(15,14(21)22-15)12(19)10-6-3-2-4-7-10/h3,6,10-11H,2,4-5,7-9H2,1H3,(H,18,20)/t10-,11+,15+,16+/m1/s1. The van der Waals surface area contributed by atoms with Crippen molar-refractivity contribution in [2.75, 3.05) is 5.88 Å². The first-order valence-corrected chi connectivity index (χ1v) is 8.33. The van der Waals surface area contributed by atoms with Crippen LogP contribution in [0.3, 0.4) is 0 Å². The number of hydrogen-bond acceptors (Lipinski definition) is 4. The lowest BCUT2D eigenvalue weighted by atomic mass is 9.65. The molecule has 120 valence electrons. The van der Waals surface area contributed by atoms with E-state index in [2.05, 4.69) is 5.32 Å². The molecule has 5 nitrogen and oxygen atoms in total. The summed E-state index contributed by atoms with van der Waals surface area (Å²) >= 11 is 5.71. The molecule has 0 bridgehead atoms. The molecule has 0 aromatic heterocycles. The number of alkyl halides is 1. The van der Waals surface area contributed by atoms with Crippen LogP contribution in [0.25, 0.3) is 0 Å². The lowest BCUT2D eigenvalue weighted by Gasteiger charge is -2.51. The van der Waals surface area contributed by atoms with E-state index in [0.717, 1.165) is 12.8 Å². The van der Waals surface area contributed by atoms with Crippen molar-refractivity contribution in [2.45, 2.75) is 50.2 Å². The average molecular weight is 326 g/mol. The highest BCUT2D eigenvalue weighted by Crippen LogP contribution is 2.52. The molecule has 0 saturated carbocycles. The van der Waals surface area contributed by atoms with Gasteiger partial charge in [0.25, 0.3) is 0 Å². The topological polar surface area (TPSA) is 72.5 Å². The molecule has 1 aliphatic carbocycles. The van der Waals surface area contributed by atoms with Crippen molar-refractivity contribution >= 4 is 29.3 Å². The number of rotatable bonds is 5. The minimum atomic E-state index is -1.51. The van der Waals surface area contributed by atoms with Crippen molar-refractivity contribution in [3.8, 4) is 0 Å². The quantitative estimate of drug-likeness (QED) is 0.361. The minimum Gasteiger partial charge on any atom is -0.453 e. The zero-order valence-corrected chi connectivity index (χ0v) is 13.3. The molecule has 0 aromatic carbocycles. The van der Waals surface area contributed by atoms with Crippen molar-refractivity contribution in [2.24, 2.45) is 11.8 Å². The van der Waals surface area contributed by atoms with Crippen LogP contribution in [0, 0.1) is 11.8 Å². The molecule has 3 rings (SSSR count). The monoisotopic (exact) mass is 325 g/mol. The van der Waals surface area contributed by atoms with Crippen LogP contribution in [0.15, 0.2) is 12.2 Å². The smallest absolute Gasteiger partial charge is 0.344 e. The number of Topliss-reactive ketones (excluding diaryl/α,β-unsaturated/α-hetero) is 1. The second-order valence-corrected chi connectivity index (χ2v) is 6.83. The summed E-state index contributed by atoms with van der Waals surface area (Å²) in [5.41, 5.74) is -2.59. The number of carbonyl (C=O) groups is 3. The Balaban J connectivity index is 1.92. The Morgan fingerprint density at radius 1 is 1.50 bits per heavy atom. The third kappa shape index (κ3) is 1.87. The second kappa shape index (κ2) is 5.37. The normalized spacial score (nSPS) is 39.7. The number of ether oxygens (including phenoxy) is 1. The maximum atomic E-state index is 13.0. The maximum Gasteiger partial charge on any atom is 0.344 e. The van der Waals surface area contributed by atoms with Crippen LogP contribution in [0.4, 0.5) is 0 Å². The molecular weight excluding hydrogens is 306 g/mol. The van der Waals surface area contributed by atoms with Crippen LogP contribution in [0.5, 0.6) is 0 Å². The van der Waals surface area contributed by atoms with Crippen LogP contribution in [0.2, 0.25) is 0 Å². The minimum absolute atomic E-state index is 0.232. The van der Waals surface area contributed by atoms with E-state index in [1.54, 1.807) is 6.92 Å². The van der Waals surface area contributed by atoms with Gasteiger partial charge in [0.15, 0.2) is 11.4 Å². The zero-order valence-electron chi connectivity index (χ0n) is 12.6. The number of carbonyl (C=O) groups excluding carboxylic acids is 3. The summed E-state index contributed by atoms with van der Waals surface area (Å²) in [4.78, 5) is 37.5. The van der Waals surface area contributed by atoms with Crippen LogP contribution >= 0.6 is 11.6 Å². The van der Waals surface area contributed by atoms with E-state index in [9.17, 15) is 14.4 Å². The van der Waals surface area contributed by atoms with Crippen LogP contribution in [0.1, 0.15) is 39.0 Å². The Morgan fingerprint density at radius 2 is 2.27 bits per heavy atom. The Morgan fingerprint density at radius 3 is 2.86 bits per heavy atom. The molecule has 2 aliphatic heterocycles. The molecule has 1 amide bonds. The molecular formula is C16H20ClNO4. The van der Waals surface area contributed by atoms with Crippen LogP contribution < -0.4 is 5.32 Å². The maximum absolute atomic E-state index is 13.0. The van der Waals surface area contributed by atoms with Crippen molar-refractivity contribution in [1.29, 1.82) is 0 Å². The first-order valence-electron chi connectivity index (χ1n) is 7.80. The van der Waals surface area contributed by atoms with Gasteiger partial charge in [0.1, 0.15) is 0 Å². The van der Waals surface area contributed by atoms with Gasteiger partial charge >= 0.3 is 5.97 Å². The van der Waals surface area contributed by atoms with Gasteiger partial charge in [0.05, 0.1) is 5.92 Å². The second-order valence-electron chi connectivity index (χ2n) is 6.45. The molecule has 0 unspecified atom stereocenters. The Kier molecular flexibility index (Phi) is 3.79. The zero-order chi connectivity index (χ0) is 16.0. The van der Waals surface area contributed by atoms with E-state index in [0.29, 0.717) is 25.1 Å². The molecule has 22 heavy (non-hydrogen) atoms. The van der Waals surface area contributed by atoms with Gasteiger partial charge in [0, 0.05) is 11.8 Å². The summed E-state index contributed by atoms with van der Waals surface area (Å²) in [6.45, 7) is 1.69. The average Bonchev–Trinajstić information content (AvgIpc) is 2.69. The number of fused-ring (bicyclic) bond motifs is 1. The van der Waals surface area contributed by atoms with Gasteiger partial charge in [-0.15, -0.1) is 11.6 Å². The lowest BCUT2D eigenvalue weighted by molar-refractivity contribution is -0.218. The molecule has 1 N–H and O–H groups in total. The van der Waals surface area contributed by atoms with Gasteiger partial charge in [-0.05, 0) is 39.0 Å². The molecule has 0 radical (unpaired) electrons. The van der Waals surface area contributed by atoms with E-state index in [-0.39, 0.29) is 17.6 Å². The van der Waals surface area contributed by atoms with Gasteiger partial charge in [-0.1, -0.05) is 12.2 Å². The molecule has 6 heteroatoms. The molecule has 3 aliphatic rings. The van der Waals surface area contributed by atoms with Crippen molar-refractivity contribution in [3.05, 3.63) is 12.2 Å². The number of ketones is 1. The first kappa shape index (κ1) is 15.5. The van der Waals surface area contributed by atoms with Crippen molar-refractivity contribution < 1.29 is 19.1 Å². The largest absolute Gasteiger partial charge is 0.453 e.